The maximum Gasteiger partial charge on any atom is 0.120 e. The number of phenols is 1. The molecule has 100 valence electrons. The van der Waals surface area contributed by atoms with Gasteiger partial charge in [-0.2, -0.15) is 0 Å². The van der Waals surface area contributed by atoms with Crippen molar-refractivity contribution in [1.82, 2.24) is 4.90 Å². The first kappa shape index (κ1) is 13.4. The monoisotopic (exact) mass is 249 g/mol. The molecule has 0 aliphatic carbocycles. The molecule has 18 heavy (non-hydrogen) atoms. The molecule has 0 aromatic heterocycles. The summed E-state index contributed by atoms with van der Waals surface area (Å²) in [5, 5.41) is 10.0. The second kappa shape index (κ2) is 5.29. The van der Waals surface area contributed by atoms with E-state index in [0.717, 1.165) is 18.7 Å². The zero-order valence-corrected chi connectivity index (χ0v) is 11.7. The third-order valence-corrected chi connectivity index (χ3v) is 3.79. The first-order valence-electron chi connectivity index (χ1n) is 6.66. The molecule has 0 radical (unpaired) electrons. The van der Waals surface area contributed by atoms with Crippen LogP contribution in [-0.4, -0.2) is 35.3 Å². The predicted octanol–water partition coefficient (Wildman–Crippen LogP) is 2.87. The van der Waals surface area contributed by atoms with Crippen LogP contribution < -0.4 is 0 Å². The molecule has 2 rings (SSSR count). The molecule has 1 heterocycles. The van der Waals surface area contributed by atoms with Crippen LogP contribution in [0.25, 0.3) is 0 Å². The van der Waals surface area contributed by atoms with Crippen LogP contribution in [0.1, 0.15) is 37.9 Å². The SMILES string of the molecule is Cc1ccc(O)c(C(C)N2CC(C)OCC2C)c1. The molecule has 3 heteroatoms. The van der Waals surface area contributed by atoms with Gasteiger partial charge in [-0.05, 0) is 33.8 Å². The van der Waals surface area contributed by atoms with Crippen LogP contribution in [0, 0.1) is 6.92 Å². The van der Waals surface area contributed by atoms with Crippen molar-refractivity contribution < 1.29 is 9.84 Å². The lowest BCUT2D eigenvalue weighted by atomic mass is 10.0. The molecule has 1 fully saturated rings. The highest BCUT2D eigenvalue weighted by Gasteiger charge is 2.29. The molecule has 0 amide bonds. The third kappa shape index (κ3) is 2.68. The normalized spacial score (nSPS) is 27.1. The molecule has 1 saturated heterocycles. The Morgan fingerprint density at radius 2 is 2.11 bits per heavy atom. The van der Waals surface area contributed by atoms with Crippen molar-refractivity contribution >= 4 is 0 Å². The highest BCUT2D eigenvalue weighted by atomic mass is 16.5. The minimum atomic E-state index is 0.214. The van der Waals surface area contributed by atoms with Crippen LogP contribution >= 0.6 is 0 Å². The fourth-order valence-electron chi connectivity index (χ4n) is 2.66. The van der Waals surface area contributed by atoms with Gasteiger partial charge >= 0.3 is 0 Å². The van der Waals surface area contributed by atoms with Gasteiger partial charge in [0.05, 0.1) is 12.7 Å². The number of aromatic hydroxyl groups is 1. The van der Waals surface area contributed by atoms with Crippen LogP contribution in [0.2, 0.25) is 0 Å². The molecule has 3 unspecified atom stereocenters. The van der Waals surface area contributed by atoms with Crippen molar-refractivity contribution in [1.29, 1.82) is 0 Å². The minimum Gasteiger partial charge on any atom is -0.508 e. The molecule has 1 aromatic rings. The van der Waals surface area contributed by atoms with Crippen LogP contribution in [0.15, 0.2) is 18.2 Å². The van der Waals surface area contributed by atoms with E-state index in [4.69, 9.17) is 4.74 Å². The summed E-state index contributed by atoms with van der Waals surface area (Å²) in [7, 11) is 0. The quantitative estimate of drug-likeness (QED) is 0.875. The first-order chi connectivity index (χ1) is 8.49. The van der Waals surface area contributed by atoms with Crippen molar-refractivity contribution in [3.63, 3.8) is 0 Å². The molecule has 1 N–H and O–H groups in total. The van der Waals surface area contributed by atoms with E-state index >= 15 is 0 Å². The van der Waals surface area contributed by atoms with Crippen molar-refractivity contribution in [2.45, 2.75) is 45.9 Å². The van der Waals surface area contributed by atoms with Gasteiger partial charge in [-0.3, -0.25) is 4.90 Å². The van der Waals surface area contributed by atoms with Gasteiger partial charge in [-0.25, -0.2) is 0 Å². The Balaban J connectivity index is 2.23. The Hall–Kier alpha value is -1.06. The molecule has 0 bridgehead atoms. The number of rotatable bonds is 2. The summed E-state index contributed by atoms with van der Waals surface area (Å²) < 4.78 is 5.66. The number of hydrogen-bond acceptors (Lipinski definition) is 3. The zero-order valence-electron chi connectivity index (χ0n) is 11.7. The lowest BCUT2D eigenvalue weighted by molar-refractivity contribution is -0.0642. The Morgan fingerprint density at radius 1 is 1.39 bits per heavy atom. The first-order valence-corrected chi connectivity index (χ1v) is 6.66. The van der Waals surface area contributed by atoms with E-state index in [2.05, 4.69) is 38.7 Å². The van der Waals surface area contributed by atoms with E-state index in [9.17, 15) is 5.11 Å². The van der Waals surface area contributed by atoms with E-state index < -0.39 is 0 Å². The molecule has 1 aliphatic rings. The second-order valence-electron chi connectivity index (χ2n) is 5.43. The topological polar surface area (TPSA) is 32.7 Å². The molecule has 0 saturated carbocycles. The van der Waals surface area contributed by atoms with E-state index in [0.29, 0.717) is 11.8 Å². The Kier molecular flexibility index (Phi) is 3.93. The number of benzene rings is 1. The summed E-state index contributed by atoms with van der Waals surface area (Å²) >= 11 is 0. The largest absolute Gasteiger partial charge is 0.508 e. The standard InChI is InChI=1S/C15H23NO2/c1-10-5-6-15(17)14(7-10)13(4)16-8-12(3)18-9-11(16)2/h5-7,11-13,17H,8-9H2,1-4H3. The minimum absolute atomic E-state index is 0.214. The van der Waals surface area contributed by atoms with Crippen LogP contribution in [0.3, 0.4) is 0 Å². The highest BCUT2D eigenvalue weighted by Crippen LogP contribution is 2.32. The summed E-state index contributed by atoms with van der Waals surface area (Å²) in [6.45, 7) is 10.2. The lowest BCUT2D eigenvalue weighted by Gasteiger charge is -2.41. The molecular weight excluding hydrogens is 226 g/mol. The smallest absolute Gasteiger partial charge is 0.120 e. The average Bonchev–Trinajstić information content (AvgIpc) is 2.34. The Labute approximate surface area is 109 Å². The molecule has 3 atom stereocenters. The van der Waals surface area contributed by atoms with Gasteiger partial charge < -0.3 is 9.84 Å². The summed E-state index contributed by atoms with van der Waals surface area (Å²) in [4.78, 5) is 2.41. The number of hydrogen-bond donors (Lipinski definition) is 1. The van der Waals surface area contributed by atoms with Gasteiger partial charge in [0, 0.05) is 24.2 Å². The van der Waals surface area contributed by atoms with Gasteiger partial charge in [0.15, 0.2) is 0 Å². The summed E-state index contributed by atoms with van der Waals surface area (Å²) in [6, 6.07) is 6.40. The predicted molar refractivity (Wildman–Crippen MR) is 72.8 cm³/mol. The van der Waals surface area contributed by atoms with E-state index in [-0.39, 0.29) is 12.1 Å². The van der Waals surface area contributed by atoms with Gasteiger partial charge in [-0.15, -0.1) is 0 Å². The van der Waals surface area contributed by atoms with Crippen molar-refractivity contribution in [3.05, 3.63) is 29.3 Å². The average molecular weight is 249 g/mol. The van der Waals surface area contributed by atoms with Crippen LogP contribution in [-0.2, 0) is 4.74 Å². The molecule has 1 aliphatic heterocycles. The van der Waals surface area contributed by atoms with Gasteiger partial charge in [0.2, 0.25) is 0 Å². The molecule has 0 spiro atoms. The number of morpholine rings is 1. The number of ether oxygens (including phenoxy) is 1. The van der Waals surface area contributed by atoms with Gasteiger partial charge in [-0.1, -0.05) is 17.7 Å². The highest BCUT2D eigenvalue weighted by molar-refractivity contribution is 5.37. The summed E-state index contributed by atoms with van der Waals surface area (Å²) in [6.07, 6.45) is 0.260. The lowest BCUT2D eigenvalue weighted by Crippen LogP contribution is -2.48. The Morgan fingerprint density at radius 3 is 2.83 bits per heavy atom. The number of aryl methyl sites for hydroxylation is 1. The van der Waals surface area contributed by atoms with E-state index in [1.54, 1.807) is 6.07 Å². The number of phenolic OH excluding ortho intramolecular Hbond substituents is 1. The van der Waals surface area contributed by atoms with Gasteiger partial charge in [0.1, 0.15) is 5.75 Å². The van der Waals surface area contributed by atoms with Crippen molar-refractivity contribution in [2.24, 2.45) is 0 Å². The molecular formula is C15H23NO2. The van der Waals surface area contributed by atoms with E-state index in [1.165, 1.54) is 5.56 Å². The van der Waals surface area contributed by atoms with E-state index in [1.807, 2.05) is 6.07 Å². The maximum absolute atomic E-state index is 10.0. The zero-order chi connectivity index (χ0) is 13.3. The second-order valence-corrected chi connectivity index (χ2v) is 5.43. The van der Waals surface area contributed by atoms with Crippen molar-refractivity contribution in [3.8, 4) is 5.75 Å². The Bertz CT molecular complexity index is 419. The van der Waals surface area contributed by atoms with Crippen molar-refractivity contribution in [2.75, 3.05) is 13.2 Å². The number of nitrogens with zero attached hydrogens (tertiary/aromatic N) is 1. The molecule has 3 nitrogen and oxygen atoms in total. The van der Waals surface area contributed by atoms with Crippen LogP contribution in [0.5, 0.6) is 5.75 Å². The summed E-state index contributed by atoms with van der Waals surface area (Å²) in [5.74, 6) is 0.388. The fraction of sp³-hybridized carbons (Fsp3) is 0.600. The fourth-order valence-corrected chi connectivity index (χ4v) is 2.66. The summed E-state index contributed by atoms with van der Waals surface area (Å²) in [5.41, 5.74) is 2.19. The molecule has 1 aromatic carbocycles. The van der Waals surface area contributed by atoms with Crippen LogP contribution in [0.4, 0.5) is 0 Å². The maximum atomic E-state index is 10.0. The van der Waals surface area contributed by atoms with Gasteiger partial charge in [0.25, 0.3) is 0 Å². The third-order valence-electron chi connectivity index (χ3n) is 3.79.